The van der Waals surface area contributed by atoms with E-state index in [4.69, 9.17) is 0 Å². The van der Waals surface area contributed by atoms with Crippen molar-refractivity contribution in [3.63, 3.8) is 0 Å². The first-order chi connectivity index (χ1) is 8.65. The monoisotopic (exact) mass is 248 g/mol. The molecule has 0 amide bonds. The molecule has 2 heteroatoms. The molecular weight excluding hydrogens is 224 g/mol. The second-order valence-corrected chi connectivity index (χ2v) is 4.96. The number of hydrogen-bond donors (Lipinski definition) is 1. The van der Waals surface area contributed by atoms with E-state index >= 15 is 0 Å². The number of benzene rings is 1. The van der Waals surface area contributed by atoms with E-state index in [-0.39, 0.29) is 11.5 Å². The molecule has 0 aliphatic rings. The van der Waals surface area contributed by atoms with Gasteiger partial charge in [0.1, 0.15) is 5.75 Å². The van der Waals surface area contributed by atoms with Crippen molar-refractivity contribution >= 4 is 5.78 Å². The maximum atomic E-state index is 11.9. The van der Waals surface area contributed by atoms with Gasteiger partial charge in [-0.05, 0) is 25.5 Å². The number of rotatable bonds is 8. The Morgan fingerprint density at radius 2 is 1.78 bits per heavy atom. The van der Waals surface area contributed by atoms with Crippen LogP contribution in [0, 0.1) is 6.92 Å². The van der Waals surface area contributed by atoms with Crippen LogP contribution in [0.2, 0.25) is 0 Å². The Balaban J connectivity index is 2.34. The fourth-order valence-electron chi connectivity index (χ4n) is 2.07. The second kappa shape index (κ2) is 7.91. The van der Waals surface area contributed by atoms with Gasteiger partial charge in [0, 0.05) is 6.42 Å². The van der Waals surface area contributed by atoms with Gasteiger partial charge in [-0.15, -0.1) is 0 Å². The zero-order valence-corrected chi connectivity index (χ0v) is 11.5. The highest BCUT2D eigenvalue weighted by atomic mass is 16.3. The second-order valence-electron chi connectivity index (χ2n) is 4.96. The van der Waals surface area contributed by atoms with Gasteiger partial charge in [0.2, 0.25) is 0 Å². The van der Waals surface area contributed by atoms with Crippen LogP contribution in [0.5, 0.6) is 5.75 Å². The average molecular weight is 248 g/mol. The number of phenolic OH excluding ortho intramolecular Hbond substituents is 1. The Bertz CT molecular complexity index is 383. The standard InChI is InChI=1S/C16H24O2/c1-3-4-5-6-7-8-9-15(17)14-12-13(2)10-11-16(14)18/h10-12,18H,3-9H2,1-2H3. The van der Waals surface area contributed by atoms with Crippen LogP contribution in [0.3, 0.4) is 0 Å². The number of Topliss-reactive ketones (excluding diaryl/α,β-unsaturated/α-hetero) is 1. The minimum absolute atomic E-state index is 0.0618. The molecule has 0 bridgehead atoms. The van der Waals surface area contributed by atoms with E-state index in [0.717, 1.165) is 18.4 Å². The maximum Gasteiger partial charge on any atom is 0.166 e. The molecule has 1 aromatic carbocycles. The Hall–Kier alpha value is -1.31. The van der Waals surface area contributed by atoms with E-state index in [2.05, 4.69) is 6.92 Å². The van der Waals surface area contributed by atoms with Crippen LogP contribution in [0.15, 0.2) is 18.2 Å². The van der Waals surface area contributed by atoms with Crippen LogP contribution >= 0.6 is 0 Å². The first-order valence-corrected chi connectivity index (χ1v) is 6.98. The third-order valence-corrected chi connectivity index (χ3v) is 3.21. The van der Waals surface area contributed by atoms with E-state index in [1.165, 1.54) is 25.7 Å². The predicted molar refractivity (Wildman–Crippen MR) is 75.2 cm³/mol. The molecule has 2 nitrogen and oxygen atoms in total. The lowest BCUT2D eigenvalue weighted by Crippen LogP contribution is -2.00. The molecule has 0 aliphatic carbocycles. The van der Waals surface area contributed by atoms with Gasteiger partial charge in [0.15, 0.2) is 5.78 Å². The van der Waals surface area contributed by atoms with Crippen molar-refractivity contribution < 1.29 is 9.90 Å². The van der Waals surface area contributed by atoms with Gasteiger partial charge in [-0.1, -0.05) is 50.7 Å². The number of phenols is 1. The Kier molecular flexibility index (Phi) is 6.48. The van der Waals surface area contributed by atoms with Crippen LogP contribution in [0.1, 0.15) is 67.8 Å². The number of carbonyl (C=O) groups is 1. The quantitative estimate of drug-likeness (QED) is 0.538. The van der Waals surface area contributed by atoms with Crippen molar-refractivity contribution in [3.05, 3.63) is 29.3 Å². The van der Waals surface area contributed by atoms with Crippen LogP contribution in [0.25, 0.3) is 0 Å². The number of ketones is 1. The van der Waals surface area contributed by atoms with Crippen LogP contribution in [-0.4, -0.2) is 10.9 Å². The smallest absolute Gasteiger partial charge is 0.166 e. The summed E-state index contributed by atoms with van der Waals surface area (Å²) in [5.74, 6) is 0.170. The van der Waals surface area contributed by atoms with Crippen LogP contribution in [-0.2, 0) is 0 Å². The molecule has 0 aromatic heterocycles. The van der Waals surface area contributed by atoms with Crippen molar-refractivity contribution in [1.29, 1.82) is 0 Å². The zero-order valence-electron chi connectivity index (χ0n) is 11.5. The summed E-state index contributed by atoms with van der Waals surface area (Å²) in [4.78, 5) is 11.9. The lowest BCUT2D eigenvalue weighted by Gasteiger charge is -2.05. The topological polar surface area (TPSA) is 37.3 Å². The van der Waals surface area contributed by atoms with E-state index in [1.54, 1.807) is 12.1 Å². The maximum absolute atomic E-state index is 11.9. The summed E-state index contributed by atoms with van der Waals surface area (Å²) >= 11 is 0. The summed E-state index contributed by atoms with van der Waals surface area (Å²) in [6.45, 7) is 4.13. The number of aromatic hydroxyl groups is 1. The minimum atomic E-state index is 0.0618. The molecule has 0 radical (unpaired) electrons. The SMILES string of the molecule is CCCCCCCCC(=O)c1cc(C)ccc1O. The van der Waals surface area contributed by atoms with Gasteiger partial charge in [-0.3, -0.25) is 4.79 Å². The average Bonchev–Trinajstić information content (AvgIpc) is 2.36. The molecule has 0 unspecified atom stereocenters. The Morgan fingerprint density at radius 1 is 1.11 bits per heavy atom. The molecule has 0 spiro atoms. The summed E-state index contributed by atoms with van der Waals surface area (Å²) in [5.41, 5.74) is 1.49. The van der Waals surface area contributed by atoms with E-state index in [0.29, 0.717) is 12.0 Å². The third kappa shape index (κ3) is 4.91. The van der Waals surface area contributed by atoms with Gasteiger partial charge in [0.05, 0.1) is 5.56 Å². The van der Waals surface area contributed by atoms with Crippen molar-refractivity contribution in [2.75, 3.05) is 0 Å². The number of hydrogen-bond acceptors (Lipinski definition) is 2. The van der Waals surface area contributed by atoms with Gasteiger partial charge in [-0.25, -0.2) is 0 Å². The Labute approximate surface area is 110 Å². The van der Waals surface area contributed by atoms with Crippen molar-refractivity contribution in [3.8, 4) is 5.75 Å². The minimum Gasteiger partial charge on any atom is -0.507 e. The number of aryl methyl sites for hydroxylation is 1. The first-order valence-electron chi connectivity index (χ1n) is 6.98. The van der Waals surface area contributed by atoms with Crippen LogP contribution in [0.4, 0.5) is 0 Å². The van der Waals surface area contributed by atoms with Crippen LogP contribution < -0.4 is 0 Å². The molecule has 0 saturated carbocycles. The molecule has 0 aliphatic heterocycles. The van der Waals surface area contributed by atoms with E-state index < -0.39 is 0 Å². The van der Waals surface area contributed by atoms with Crippen molar-refractivity contribution in [1.82, 2.24) is 0 Å². The summed E-state index contributed by atoms with van der Waals surface area (Å²) < 4.78 is 0. The van der Waals surface area contributed by atoms with E-state index in [1.807, 2.05) is 13.0 Å². The molecular formula is C16H24O2. The summed E-state index contributed by atoms with van der Waals surface area (Å²) in [6.07, 6.45) is 7.58. The molecule has 0 atom stereocenters. The number of carbonyl (C=O) groups excluding carboxylic acids is 1. The number of unbranched alkanes of at least 4 members (excludes halogenated alkanes) is 5. The summed E-state index contributed by atoms with van der Waals surface area (Å²) in [5, 5.41) is 9.66. The largest absolute Gasteiger partial charge is 0.507 e. The fraction of sp³-hybridized carbons (Fsp3) is 0.562. The third-order valence-electron chi connectivity index (χ3n) is 3.21. The highest BCUT2D eigenvalue weighted by Gasteiger charge is 2.10. The van der Waals surface area contributed by atoms with Gasteiger partial charge in [0.25, 0.3) is 0 Å². The van der Waals surface area contributed by atoms with E-state index in [9.17, 15) is 9.90 Å². The van der Waals surface area contributed by atoms with Gasteiger partial charge in [-0.2, -0.15) is 0 Å². The lowest BCUT2D eigenvalue weighted by molar-refractivity contribution is 0.0976. The Morgan fingerprint density at radius 3 is 2.50 bits per heavy atom. The lowest BCUT2D eigenvalue weighted by atomic mass is 10.0. The zero-order chi connectivity index (χ0) is 13.4. The van der Waals surface area contributed by atoms with Crippen molar-refractivity contribution in [2.24, 2.45) is 0 Å². The molecule has 18 heavy (non-hydrogen) atoms. The van der Waals surface area contributed by atoms with Gasteiger partial charge >= 0.3 is 0 Å². The molecule has 1 N–H and O–H groups in total. The normalized spacial score (nSPS) is 10.6. The molecule has 1 aromatic rings. The highest BCUT2D eigenvalue weighted by molar-refractivity contribution is 5.98. The molecule has 0 saturated heterocycles. The fourth-order valence-corrected chi connectivity index (χ4v) is 2.07. The molecule has 1 rings (SSSR count). The van der Waals surface area contributed by atoms with Crippen molar-refractivity contribution in [2.45, 2.75) is 58.8 Å². The molecule has 0 heterocycles. The predicted octanol–water partition coefficient (Wildman–Crippen LogP) is 4.63. The summed E-state index contributed by atoms with van der Waals surface area (Å²) in [7, 11) is 0. The molecule has 0 fully saturated rings. The molecule has 100 valence electrons. The van der Waals surface area contributed by atoms with Gasteiger partial charge < -0.3 is 5.11 Å². The first kappa shape index (κ1) is 14.7. The summed E-state index contributed by atoms with van der Waals surface area (Å²) in [6, 6.07) is 5.19. The highest BCUT2D eigenvalue weighted by Crippen LogP contribution is 2.21.